The number of amides is 1. The Bertz CT molecular complexity index is 839. The largest absolute Gasteiger partial charge is 0.478 e. The van der Waals surface area contributed by atoms with E-state index in [0.29, 0.717) is 6.61 Å². The number of epoxide rings is 1. The van der Waals surface area contributed by atoms with E-state index in [9.17, 15) is 14.4 Å². The third kappa shape index (κ3) is 7.00. The standard InChI is InChI=1S/C23H27NO6/c1-16(18-11-7-6-8-12-18)21(24-17(2)25)22(28)30-19(23(3)15-29-23)13-9-4-5-10-14-20(26)27/h4-14,16,19,21H,15H2,1-3H3,(H,24,25)(H,26,27)/b5-4-,13-9+,14-10+/t16-,19-,21+,23+/m0/s1. The Morgan fingerprint density at radius 3 is 2.37 bits per heavy atom. The van der Waals surface area contributed by atoms with E-state index < -0.39 is 29.7 Å². The number of hydrogen-bond acceptors (Lipinski definition) is 5. The minimum absolute atomic E-state index is 0.291. The molecule has 0 aliphatic carbocycles. The first-order valence-corrected chi connectivity index (χ1v) is 9.64. The van der Waals surface area contributed by atoms with Gasteiger partial charge in [0.2, 0.25) is 5.91 Å². The second-order valence-corrected chi connectivity index (χ2v) is 7.30. The third-order valence-corrected chi connectivity index (χ3v) is 4.74. The molecule has 1 aromatic carbocycles. The van der Waals surface area contributed by atoms with Crippen LogP contribution in [0, 0.1) is 0 Å². The quantitative estimate of drug-likeness (QED) is 0.264. The summed E-state index contributed by atoms with van der Waals surface area (Å²) in [5, 5.41) is 11.3. The van der Waals surface area contributed by atoms with Crippen molar-refractivity contribution < 1.29 is 29.0 Å². The highest BCUT2D eigenvalue weighted by atomic mass is 16.6. The van der Waals surface area contributed by atoms with Gasteiger partial charge in [0.1, 0.15) is 11.6 Å². The van der Waals surface area contributed by atoms with E-state index in [2.05, 4.69) is 5.32 Å². The Kier molecular flexibility index (Phi) is 8.12. The van der Waals surface area contributed by atoms with E-state index in [1.54, 1.807) is 24.3 Å². The number of carboxylic acids is 1. The average molecular weight is 413 g/mol. The zero-order valence-corrected chi connectivity index (χ0v) is 17.3. The third-order valence-electron chi connectivity index (χ3n) is 4.74. The molecule has 7 heteroatoms. The van der Waals surface area contributed by atoms with Crippen molar-refractivity contribution in [3.05, 3.63) is 72.4 Å². The van der Waals surface area contributed by atoms with E-state index in [-0.39, 0.29) is 11.8 Å². The topological polar surface area (TPSA) is 105 Å². The summed E-state index contributed by atoms with van der Waals surface area (Å²) in [6.45, 7) is 5.49. The van der Waals surface area contributed by atoms with E-state index in [1.807, 2.05) is 44.2 Å². The minimum atomic E-state index is -1.04. The van der Waals surface area contributed by atoms with Crippen LogP contribution in [0.15, 0.2) is 66.8 Å². The van der Waals surface area contributed by atoms with Crippen LogP contribution >= 0.6 is 0 Å². The lowest BCUT2D eigenvalue weighted by Crippen LogP contribution is -2.46. The molecule has 0 aromatic heterocycles. The highest BCUT2D eigenvalue weighted by molar-refractivity contribution is 5.84. The second-order valence-electron chi connectivity index (χ2n) is 7.30. The molecule has 1 aliphatic rings. The van der Waals surface area contributed by atoms with Crippen LogP contribution in [0.3, 0.4) is 0 Å². The molecule has 1 saturated heterocycles. The molecule has 0 bridgehead atoms. The number of benzene rings is 1. The number of carbonyl (C=O) groups is 3. The predicted octanol–water partition coefficient (Wildman–Crippen LogP) is 2.75. The van der Waals surface area contributed by atoms with E-state index in [1.165, 1.54) is 13.0 Å². The normalized spacial score (nSPS) is 21.4. The summed E-state index contributed by atoms with van der Waals surface area (Å²) in [6.07, 6.45) is 8.26. The van der Waals surface area contributed by atoms with Crippen molar-refractivity contribution in [3.63, 3.8) is 0 Å². The molecule has 7 nitrogen and oxygen atoms in total. The lowest BCUT2D eigenvalue weighted by atomic mass is 9.93. The molecule has 0 unspecified atom stereocenters. The van der Waals surface area contributed by atoms with Gasteiger partial charge < -0.3 is 19.9 Å². The maximum atomic E-state index is 13.0. The summed E-state index contributed by atoms with van der Waals surface area (Å²) in [7, 11) is 0. The van der Waals surface area contributed by atoms with Crippen LogP contribution in [-0.2, 0) is 23.9 Å². The zero-order valence-electron chi connectivity index (χ0n) is 17.3. The molecule has 0 saturated carbocycles. The number of esters is 1. The van der Waals surface area contributed by atoms with Gasteiger partial charge in [0.25, 0.3) is 0 Å². The van der Waals surface area contributed by atoms with Crippen molar-refractivity contribution in [1.82, 2.24) is 5.32 Å². The van der Waals surface area contributed by atoms with Crippen LogP contribution in [0.1, 0.15) is 32.3 Å². The Morgan fingerprint density at radius 1 is 1.17 bits per heavy atom. The molecule has 1 heterocycles. The Morgan fingerprint density at radius 2 is 1.80 bits per heavy atom. The molecule has 1 fully saturated rings. The lowest BCUT2D eigenvalue weighted by molar-refractivity contribution is -0.154. The fraction of sp³-hybridized carbons (Fsp3) is 0.348. The summed E-state index contributed by atoms with van der Waals surface area (Å²) in [5.41, 5.74) is 0.274. The molecule has 1 aliphatic heterocycles. The van der Waals surface area contributed by atoms with Crippen LogP contribution < -0.4 is 5.32 Å². The van der Waals surface area contributed by atoms with E-state index in [0.717, 1.165) is 11.6 Å². The van der Waals surface area contributed by atoms with Gasteiger partial charge in [0.05, 0.1) is 6.61 Å². The van der Waals surface area contributed by atoms with Crippen LogP contribution in [0.4, 0.5) is 0 Å². The fourth-order valence-electron chi connectivity index (χ4n) is 2.83. The monoisotopic (exact) mass is 413 g/mol. The maximum absolute atomic E-state index is 13.0. The molecule has 0 spiro atoms. The van der Waals surface area contributed by atoms with Crippen molar-refractivity contribution in [2.75, 3.05) is 6.61 Å². The second kappa shape index (κ2) is 10.5. The maximum Gasteiger partial charge on any atom is 0.329 e. The van der Waals surface area contributed by atoms with Gasteiger partial charge in [-0.3, -0.25) is 4.79 Å². The minimum Gasteiger partial charge on any atom is -0.478 e. The van der Waals surface area contributed by atoms with Crippen LogP contribution in [0.5, 0.6) is 0 Å². The SMILES string of the molecule is CC(=O)N[C@@H](C(=O)O[C@@H](/C=C/C=C\C=C\C(=O)O)[C@@]1(C)CO1)[C@@H](C)c1ccccc1. The highest BCUT2D eigenvalue weighted by Crippen LogP contribution is 2.33. The molecule has 2 N–H and O–H groups in total. The number of hydrogen-bond donors (Lipinski definition) is 2. The van der Waals surface area contributed by atoms with Gasteiger partial charge in [0, 0.05) is 18.9 Å². The summed E-state index contributed by atoms with van der Waals surface area (Å²) in [6, 6.07) is 8.57. The van der Waals surface area contributed by atoms with Crippen molar-refractivity contribution in [2.45, 2.75) is 44.4 Å². The van der Waals surface area contributed by atoms with Crippen LogP contribution in [-0.4, -0.2) is 47.3 Å². The van der Waals surface area contributed by atoms with Gasteiger partial charge in [-0.1, -0.05) is 61.6 Å². The van der Waals surface area contributed by atoms with Crippen LogP contribution in [0.2, 0.25) is 0 Å². The van der Waals surface area contributed by atoms with E-state index >= 15 is 0 Å². The first kappa shape index (κ1) is 23.1. The molecule has 30 heavy (non-hydrogen) atoms. The first-order chi connectivity index (χ1) is 14.2. The number of aliphatic carboxylic acids is 1. The number of rotatable bonds is 10. The van der Waals surface area contributed by atoms with Crippen molar-refractivity contribution >= 4 is 17.8 Å². The van der Waals surface area contributed by atoms with Crippen molar-refractivity contribution in [2.24, 2.45) is 0 Å². The smallest absolute Gasteiger partial charge is 0.329 e. The Balaban J connectivity index is 2.13. The molecule has 4 atom stereocenters. The van der Waals surface area contributed by atoms with Crippen molar-refractivity contribution in [3.8, 4) is 0 Å². The number of nitrogens with one attached hydrogen (secondary N) is 1. The van der Waals surface area contributed by atoms with Crippen LogP contribution in [0.25, 0.3) is 0 Å². The first-order valence-electron chi connectivity index (χ1n) is 9.64. The molecule has 1 aromatic rings. The average Bonchev–Trinajstić information content (AvgIpc) is 3.46. The Hall–Kier alpha value is -3.19. The number of ether oxygens (including phenoxy) is 2. The van der Waals surface area contributed by atoms with Crippen molar-refractivity contribution in [1.29, 1.82) is 0 Å². The molecule has 160 valence electrons. The summed E-state index contributed by atoms with van der Waals surface area (Å²) in [5.74, 6) is -2.20. The molecule has 1 amide bonds. The van der Waals surface area contributed by atoms with Gasteiger partial charge in [-0.05, 0) is 18.6 Å². The van der Waals surface area contributed by atoms with E-state index in [4.69, 9.17) is 14.6 Å². The summed E-state index contributed by atoms with van der Waals surface area (Å²) in [4.78, 5) is 35.1. The number of carboxylic acid groups (broad SMARTS) is 1. The Labute approximate surface area is 176 Å². The molecular weight excluding hydrogens is 386 g/mol. The summed E-state index contributed by atoms with van der Waals surface area (Å²) < 4.78 is 11.2. The number of allylic oxidation sites excluding steroid dienone is 4. The highest BCUT2D eigenvalue weighted by Gasteiger charge is 2.49. The molecule has 2 rings (SSSR count). The zero-order chi connectivity index (χ0) is 22.1. The van der Waals surface area contributed by atoms with Gasteiger partial charge in [-0.25, -0.2) is 9.59 Å². The number of carbonyl (C=O) groups excluding carboxylic acids is 2. The lowest BCUT2D eigenvalue weighted by Gasteiger charge is -2.26. The predicted molar refractivity (Wildman–Crippen MR) is 112 cm³/mol. The van der Waals surface area contributed by atoms with Gasteiger partial charge in [-0.2, -0.15) is 0 Å². The fourth-order valence-corrected chi connectivity index (χ4v) is 2.83. The van der Waals surface area contributed by atoms with Gasteiger partial charge >= 0.3 is 11.9 Å². The molecular formula is C23H27NO6. The van der Waals surface area contributed by atoms with Gasteiger partial charge in [0.15, 0.2) is 6.10 Å². The summed E-state index contributed by atoms with van der Waals surface area (Å²) >= 11 is 0. The van der Waals surface area contributed by atoms with Gasteiger partial charge in [-0.15, -0.1) is 0 Å². The molecule has 0 radical (unpaired) electrons.